The van der Waals surface area contributed by atoms with E-state index in [2.05, 4.69) is 12.2 Å². The Morgan fingerprint density at radius 1 is 1.39 bits per heavy atom. The number of piperidine rings is 1. The first-order chi connectivity index (χ1) is 8.81. The molecule has 0 bridgehead atoms. The van der Waals surface area contributed by atoms with E-state index in [0.29, 0.717) is 12.8 Å². The van der Waals surface area contributed by atoms with Crippen molar-refractivity contribution >= 4 is 11.6 Å². The molecular weight excluding hydrogens is 250 g/mol. The van der Waals surface area contributed by atoms with Gasteiger partial charge in [0, 0.05) is 22.7 Å². The number of nitrogens with one attached hydrogen (secondary N) is 1. The number of benzene rings is 1. The standard InChI is InChI=1S/C14H18ClNO2/c1-2-9-13(11-5-3-4-6-16-11)10(15)7-12-14(9)18-8-17-12/h7,11,16H,2-6,8H2,1H3. The highest BCUT2D eigenvalue weighted by Crippen LogP contribution is 2.44. The summed E-state index contributed by atoms with van der Waals surface area (Å²) in [7, 11) is 0. The van der Waals surface area contributed by atoms with Crippen molar-refractivity contribution in [1.29, 1.82) is 0 Å². The second-order valence-electron chi connectivity index (χ2n) is 4.84. The van der Waals surface area contributed by atoms with E-state index < -0.39 is 0 Å². The molecule has 0 spiro atoms. The van der Waals surface area contributed by atoms with Crippen molar-refractivity contribution in [3.8, 4) is 11.5 Å². The molecule has 0 aliphatic carbocycles. The molecule has 1 fully saturated rings. The summed E-state index contributed by atoms with van der Waals surface area (Å²) in [6.45, 7) is 3.51. The molecule has 0 amide bonds. The molecule has 1 atom stereocenters. The lowest BCUT2D eigenvalue weighted by Crippen LogP contribution is -2.27. The number of rotatable bonds is 2. The fourth-order valence-corrected chi connectivity index (χ4v) is 3.26. The normalized spacial score (nSPS) is 22.2. The van der Waals surface area contributed by atoms with Crippen LogP contribution in [0.5, 0.6) is 11.5 Å². The minimum Gasteiger partial charge on any atom is -0.454 e. The van der Waals surface area contributed by atoms with E-state index in [1.165, 1.54) is 24.0 Å². The highest BCUT2D eigenvalue weighted by molar-refractivity contribution is 6.31. The fourth-order valence-electron chi connectivity index (χ4n) is 2.92. The number of fused-ring (bicyclic) bond motifs is 1. The average molecular weight is 268 g/mol. The first-order valence-corrected chi connectivity index (χ1v) is 7.03. The Hall–Kier alpha value is -0.930. The van der Waals surface area contributed by atoms with Gasteiger partial charge in [0.2, 0.25) is 6.79 Å². The van der Waals surface area contributed by atoms with Gasteiger partial charge in [0.25, 0.3) is 0 Å². The zero-order valence-corrected chi connectivity index (χ0v) is 11.3. The molecule has 2 aliphatic rings. The van der Waals surface area contributed by atoms with Gasteiger partial charge in [0.15, 0.2) is 11.5 Å². The van der Waals surface area contributed by atoms with Crippen LogP contribution in [0.4, 0.5) is 0 Å². The van der Waals surface area contributed by atoms with E-state index in [1.807, 2.05) is 6.07 Å². The molecular formula is C14H18ClNO2. The summed E-state index contributed by atoms with van der Waals surface area (Å²) in [5, 5.41) is 4.36. The van der Waals surface area contributed by atoms with Gasteiger partial charge in [-0.2, -0.15) is 0 Å². The lowest BCUT2D eigenvalue weighted by atomic mass is 9.91. The molecule has 4 heteroatoms. The summed E-state index contributed by atoms with van der Waals surface area (Å²) >= 11 is 6.45. The van der Waals surface area contributed by atoms with Crippen LogP contribution in [0, 0.1) is 0 Å². The number of ether oxygens (including phenoxy) is 2. The van der Waals surface area contributed by atoms with Crippen molar-refractivity contribution in [3.05, 3.63) is 22.2 Å². The van der Waals surface area contributed by atoms with Crippen LogP contribution in [-0.4, -0.2) is 13.3 Å². The zero-order valence-electron chi connectivity index (χ0n) is 10.6. The van der Waals surface area contributed by atoms with E-state index in [4.69, 9.17) is 21.1 Å². The monoisotopic (exact) mass is 267 g/mol. The fraction of sp³-hybridized carbons (Fsp3) is 0.571. The number of hydrogen-bond acceptors (Lipinski definition) is 3. The van der Waals surface area contributed by atoms with Crippen molar-refractivity contribution in [2.45, 2.75) is 38.6 Å². The van der Waals surface area contributed by atoms with Crippen LogP contribution in [0.25, 0.3) is 0 Å². The maximum absolute atomic E-state index is 6.45. The SMILES string of the molecule is CCc1c2c(cc(Cl)c1C1CCCCN1)OCO2. The highest BCUT2D eigenvalue weighted by Gasteiger charge is 2.27. The molecule has 1 aromatic carbocycles. The van der Waals surface area contributed by atoms with E-state index in [9.17, 15) is 0 Å². The summed E-state index contributed by atoms with van der Waals surface area (Å²) in [5.74, 6) is 1.68. The van der Waals surface area contributed by atoms with Crippen molar-refractivity contribution in [1.82, 2.24) is 5.32 Å². The van der Waals surface area contributed by atoms with Gasteiger partial charge in [-0.3, -0.25) is 0 Å². The first-order valence-electron chi connectivity index (χ1n) is 6.65. The largest absolute Gasteiger partial charge is 0.454 e. The van der Waals surface area contributed by atoms with Gasteiger partial charge in [-0.15, -0.1) is 0 Å². The van der Waals surface area contributed by atoms with E-state index in [0.717, 1.165) is 35.9 Å². The Balaban J connectivity index is 2.06. The molecule has 2 aliphatic heterocycles. The minimum atomic E-state index is 0.306. The molecule has 1 saturated heterocycles. The van der Waals surface area contributed by atoms with E-state index in [-0.39, 0.29) is 0 Å². The highest BCUT2D eigenvalue weighted by atomic mass is 35.5. The Morgan fingerprint density at radius 2 is 2.28 bits per heavy atom. The van der Waals surface area contributed by atoms with Gasteiger partial charge in [-0.05, 0) is 31.4 Å². The van der Waals surface area contributed by atoms with Crippen LogP contribution in [-0.2, 0) is 6.42 Å². The summed E-state index contributed by atoms with van der Waals surface area (Å²) in [6.07, 6.45) is 4.57. The smallest absolute Gasteiger partial charge is 0.231 e. The molecule has 3 nitrogen and oxygen atoms in total. The second-order valence-corrected chi connectivity index (χ2v) is 5.25. The maximum Gasteiger partial charge on any atom is 0.231 e. The predicted molar refractivity (Wildman–Crippen MR) is 71.5 cm³/mol. The Labute approximate surface area is 112 Å². The van der Waals surface area contributed by atoms with Gasteiger partial charge in [-0.25, -0.2) is 0 Å². The van der Waals surface area contributed by atoms with E-state index >= 15 is 0 Å². The molecule has 2 heterocycles. The lowest BCUT2D eigenvalue weighted by molar-refractivity contribution is 0.173. The van der Waals surface area contributed by atoms with Crippen LogP contribution < -0.4 is 14.8 Å². The third-order valence-electron chi connectivity index (χ3n) is 3.77. The van der Waals surface area contributed by atoms with Gasteiger partial charge < -0.3 is 14.8 Å². The van der Waals surface area contributed by atoms with Gasteiger partial charge in [-0.1, -0.05) is 24.9 Å². The second kappa shape index (κ2) is 4.98. The quantitative estimate of drug-likeness (QED) is 0.890. The topological polar surface area (TPSA) is 30.5 Å². The first kappa shape index (κ1) is 12.1. The molecule has 0 saturated carbocycles. The zero-order chi connectivity index (χ0) is 12.5. The van der Waals surface area contributed by atoms with Crippen LogP contribution in [0.2, 0.25) is 5.02 Å². The van der Waals surface area contributed by atoms with Crippen molar-refractivity contribution < 1.29 is 9.47 Å². The molecule has 0 aromatic heterocycles. The summed E-state index contributed by atoms with van der Waals surface area (Å²) in [5.41, 5.74) is 2.41. The Kier molecular flexibility index (Phi) is 3.35. The molecule has 1 aromatic rings. The lowest BCUT2D eigenvalue weighted by Gasteiger charge is -2.27. The van der Waals surface area contributed by atoms with Crippen LogP contribution in [0.15, 0.2) is 6.07 Å². The van der Waals surface area contributed by atoms with Gasteiger partial charge in [0.05, 0.1) is 0 Å². The Morgan fingerprint density at radius 3 is 3.00 bits per heavy atom. The van der Waals surface area contributed by atoms with Gasteiger partial charge >= 0.3 is 0 Å². The van der Waals surface area contributed by atoms with Crippen LogP contribution in [0.3, 0.4) is 0 Å². The summed E-state index contributed by atoms with van der Waals surface area (Å²) < 4.78 is 11.0. The summed E-state index contributed by atoms with van der Waals surface area (Å²) in [4.78, 5) is 0. The Bertz CT molecular complexity index is 456. The average Bonchev–Trinajstić information content (AvgIpc) is 2.85. The number of hydrogen-bond donors (Lipinski definition) is 1. The van der Waals surface area contributed by atoms with Crippen molar-refractivity contribution in [2.24, 2.45) is 0 Å². The third kappa shape index (κ3) is 1.95. The molecule has 3 rings (SSSR count). The molecule has 1 N–H and O–H groups in total. The van der Waals surface area contributed by atoms with Crippen molar-refractivity contribution in [3.63, 3.8) is 0 Å². The summed E-state index contributed by atoms with van der Waals surface area (Å²) in [6, 6.07) is 2.25. The minimum absolute atomic E-state index is 0.306. The van der Waals surface area contributed by atoms with E-state index in [1.54, 1.807) is 0 Å². The molecule has 18 heavy (non-hydrogen) atoms. The third-order valence-corrected chi connectivity index (χ3v) is 4.08. The molecule has 1 unspecified atom stereocenters. The van der Waals surface area contributed by atoms with Crippen LogP contribution >= 0.6 is 11.6 Å². The molecule has 98 valence electrons. The van der Waals surface area contributed by atoms with Crippen LogP contribution in [0.1, 0.15) is 43.4 Å². The maximum atomic E-state index is 6.45. The van der Waals surface area contributed by atoms with Gasteiger partial charge in [0.1, 0.15) is 0 Å². The number of halogens is 1. The predicted octanol–water partition coefficient (Wildman–Crippen LogP) is 3.45. The van der Waals surface area contributed by atoms with Crippen molar-refractivity contribution in [2.75, 3.05) is 13.3 Å². The molecule has 0 radical (unpaired) electrons.